The van der Waals surface area contributed by atoms with E-state index in [9.17, 15) is 4.79 Å². The topological polar surface area (TPSA) is 47.0 Å². The summed E-state index contributed by atoms with van der Waals surface area (Å²) in [5, 5.41) is 2.02. The van der Waals surface area contributed by atoms with Crippen molar-refractivity contribution in [3.63, 3.8) is 0 Å². The standard InChI is InChI=1S/C25H20N2O2/c1-29-20-11-12-21-19(13-20)14-22(26-21)25(28)24-15-18-9-5-6-10-23(18)27(24)16-17-7-3-2-4-8-17/h2-15,26H,16H2,1H3. The SMILES string of the molecule is COc1ccc2[nH]c(C(=O)c3cc4ccccc4n3Cc3ccccc3)cc2c1. The Morgan fingerprint density at radius 3 is 2.52 bits per heavy atom. The molecule has 5 aromatic rings. The number of carbonyl (C=O) groups is 1. The van der Waals surface area contributed by atoms with Gasteiger partial charge in [-0.1, -0.05) is 48.5 Å². The molecule has 0 saturated heterocycles. The molecular weight excluding hydrogens is 360 g/mol. The van der Waals surface area contributed by atoms with Crippen LogP contribution in [0, 0.1) is 0 Å². The third-order valence-electron chi connectivity index (χ3n) is 5.30. The summed E-state index contributed by atoms with van der Waals surface area (Å²) in [4.78, 5) is 16.7. The number of ketones is 1. The second-order valence-corrected chi connectivity index (χ2v) is 7.13. The van der Waals surface area contributed by atoms with Crippen molar-refractivity contribution in [2.75, 3.05) is 7.11 Å². The number of aromatic amines is 1. The lowest BCUT2D eigenvalue weighted by Crippen LogP contribution is -2.11. The average molecular weight is 380 g/mol. The number of nitrogens with zero attached hydrogens (tertiary/aromatic N) is 1. The maximum Gasteiger partial charge on any atom is 0.225 e. The second kappa shape index (κ2) is 6.99. The van der Waals surface area contributed by atoms with Gasteiger partial charge in [-0.3, -0.25) is 4.79 Å². The molecule has 142 valence electrons. The Kier molecular flexibility index (Phi) is 4.17. The number of para-hydroxylation sites is 1. The van der Waals surface area contributed by atoms with Crippen LogP contribution in [0.1, 0.15) is 21.7 Å². The van der Waals surface area contributed by atoms with E-state index in [4.69, 9.17) is 4.74 Å². The third-order valence-corrected chi connectivity index (χ3v) is 5.30. The molecule has 4 heteroatoms. The number of hydrogen-bond donors (Lipinski definition) is 1. The monoisotopic (exact) mass is 380 g/mol. The number of H-pyrrole nitrogens is 1. The minimum atomic E-state index is -0.0210. The zero-order valence-electron chi connectivity index (χ0n) is 16.1. The summed E-state index contributed by atoms with van der Waals surface area (Å²) in [5.41, 5.74) is 4.38. The summed E-state index contributed by atoms with van der Waals surface area (Å²) in [6.07, 6.45) is 0. The van der Waals surface area contributed by atoms with Gasteiger partial charge in [-0.2, -0.15) is 0 Å². The maximum absolute atomic E-state index is 13.5. The van der Waals surface area contributed by atoms with Crippen LogP contribution < -0.4 is 4.74 Å². The molecule has 5 rings (SSSR count). The van der Waals surface area contributed by atoms with E-state index in [2.05, 4.69) is 27.8 Å². The smallest absolute Gasteiger partial charge is 0.225 e. The highest BCUT2D eigenvalue weighted by atomic mass is 16.5. The first kappa shape index (κ1) is 17.3. The number of rotatable bonds is 5. The number of carbonyl (C=O) groups excluding carboxylic acids is 1. The highest BCUT2D eigenvalue weighted by Crippen LogP contribution is 2.26. The van der Waals surface area contributed by atoms with Gasteiger partial charge in [0.2, 0.25) is 5.78 Å². The molecule has 0 aliphatic heterocycles. The molecule has 0 aliphatic carbocycles. The van der Waals surface area contributed by atoms with Gasteiger partial charge in [0.05, 0.1) is 18.5 Å². The number of aromatic nitrogens is 2. The van der Waals surface area contributed by atoms with Crippen molar-refractivity contribution in [1.29, 1.82) is 0 Å². The molecule has 29 heavy (non-hydrogen) atoms. The van der Waals surface area contributed by atoms with Crippen LogP contribution in [0.2, 0.25) is 0 Å². The lowest BCUT2D eigenvalue weighted by molar-refractivity contribution is 0.102. The van der Waals surface area contributed by atoms with Crippen molar-refractivity contribution >= 4 is 27.6 Å². The fraction of sp³-hybridized carbons (Fsp3) is 0.0800. The molecule has 4 nitrogen and oxygen atoms in total. The molecule has 0 atom stereocenters. The molecule has 3 aromatic carbocycles. The molecule has 2 aromatic heterocycles. The third kappa shape index (κ3) is 3.09. The summed E-state index contributed by atoms with van der Waals surface area (Å²) in [7, 11) is 1.64. The first-order chi connectivity index (χ1) is 14.2. The quantitative estimate of drug-likeness (QED) is 0.414. The van der Waals surface area contributed by atoms with Crippen LogP contribution in [0.4, 0.5) is 0 Å². The van der Waals surface area contributed by atoms with Crippen molar-refractivity contribution in [1.82, 2.24) is 9.55 Å². The first-order valence-electron chi connectivity index (χ1n) is 9.56. The fourth-order valence-electron chi connectivity index (χ4n) is 3.83. The average Bonchev–Trinajstić information content (AvgIpc) is 3.35. The maximum atomic E-state index is 13.5. The highest BCUT2D eigenvalue weighted by Gasteiger charge is 2.19. The molecule has 1 N–H and O–H groups in total. The van der Waals surface area contributed by atoms with E-state index in [1.54, 1.807) is 7.11 Å². The predicted molar refractivity (Wildman–Crippen MR) is 116 cm³/mol. The Morgan fingerprint density at radius 1 is 0.897 bits per heavy atom. The minimum absolute atomic E-state index is 0.0210. The number of ether oxygens (including phenoxy) is 1. The summed E-state index contributed by atoms with van der Waals surface area (Å²) in [5.74, 6) is 0.751. The lowest BCUT2D eigenvalue weighted by atomic mass is 10.1. The van der Waals surface area contributed by atoms with E-state index in [-0.39, 0.29) is 5.78 Å². The Bertz CT molecular complexity index is 1330. The largest absolute Gasteiger partial charge is 0.497 e. The summed E-state index contributed by atoms with van der Waals surface area (Å²) in [6.45, 7) is 0.642. The zero-order valence-corrected chi connectivity index (χ0v) is 16.1. The van der Waals surface area contributed by atoms with Gasteiger partial charge in [-0.25, -0.2) is 0 Å². The number of methoxy groups -OCH3 is 1. The summed E-state index contributed by atoms with van der Waals surface area (Å²) >= 11 is 0. The van der Waals surface area contributed by atoms with E-state index in [1.165, 1.54) is 0 Å². The van der Waals surface area contributed by atoms with Gasteiger partial charge in [-0.05, 0) is 42.0 Å². The number of hydrogen-bond acceptors (Lipinski definition) is 2. The van der Waals surface area contributed by atoms with Crippen LogP contribution in [-0.2, 0) is 6.54 Å². The van der Waals surface area contributed by atoms with Crippen molar-refractivity contribution < 1.29 is 9.53 Å². The molecule has 0 amide bonds. The van der Waals surface area contributed by atoms with E-state index in [0.29, 0.717) is 17.9 Å². The molecule has 0 saturated carbocycles. The van der Waals surface area contributed by atoms with Crippen molar-refractivity contribution in [2.24, 2.45) is 0 Å². The summed E-state index contributed by atoms with van der Waals surface area (Å²) < 4.78 is 7.40. The highest BCUT2D eigenvalue weighted by molar-refractivity contribution is 6.11. The number of nitrogens with one attached hydrogen (secondary N) is 1. The fourth-order valence-corrected chi connectivity index (χ4v) is 3.83. The molecule has 2 heterocycles. The predicted octanol–water partition coefficient (Wildman–Crippen LogP) is 5.41. The molecule has 0 bridgehead atoms. The minimum Gasteiger partial charge on any atom is -0.497 e. The number of fused-ring (bicyclic) bond motifs is 2. The van der Waals surface area contributed by atoms with Crippen LogP contribution >= 0.6 is 0 Å². The summed E-state index contributed by atoms with van der Waals surface area (Å²) in [6, 6.07) is 27.9. The van der Waals surface area contributed by atoms with Gasteiger partial charge in [0.15, 0.2) is 0 Å². The number of benzene rings is 3. The first-order valence-corrected chi connectivity index (χ1v) is 9.56. The molecule has 0 aliphatic rings. The Hall–Kier alpha value is -3.79. The van der Waals surface area contributed by atoms with Crippen molar-refractivity contribution in [2.45, 2.75) is 6.54 Å². The van der Waals surface area contributed by atoms with E-state index in [1.807, 2.05) is 66.7 Å². The van der Waals surface area contributed by atoms with Gasteiger partial charge in [0, 0.05) is 28.4 Å². The molecule has 0 unspecified atom stereocenters. The van der Waals surface area contributed by atoms with E-state index >= 15 is 0 Å². The molecule has 0 fully saturated rings. The van der Waals surface area contributed by atoms with Crippen LogP contribution in [0.25, 0.3) is 21.8 Å². The van der Waals surface area contributed by atoms with Gasteiger partial charge in [0.25, 0.3) is 0 Å². The Morgan fingerprint density at radius 2 is 1.69 bits per heavy atom. The van der Waals surface area contributed by atoms with Gasteiger partial charge < -0.3 is 14.3 Å². The van der Waals surface area contributed by atoms with E-state index in [0.717, 1.165) is 33.1 Å². The van der Waals surface area contributed by atoms with Crippen LogP contribution in [-0.4, -0.2) is 22.4 Å². The lowest BCUT2D eigenvalue weighted by Gasteiger charge is -2.10. The van der Waals surface area contributed by atoms with Gasteiger partial charge >= 0.3 is 0 Å². The normalized spacial score (nSPS) is 11.2. The Labute approximate surface area is 168 Å². The zero-order chi connectivity index (χ0) is 19.8. The van der Waals surface area contributed by atoms with Crippen molar-refractivity contribution in [3.8, 4) is 5.75 Å². The molecule has 0 radical (unpaired) electrons. The molecular formula is C25H20N2O2. The van der Waals surface area contributed by atoms with Crippen LogP contribution in [0.15, 0.2) is 84.9 Å². The van der Waals surface area contributed by atoms with Gasteiger partial charge in [0.1, 0.15) is 5.75 Å². The second-order valence-electron chi connectivity index (χ2n) is 7.13. The van der Waals surface area contributed by atoms with Crippen LogP contribution in [0.5, 0.6) is 5.75 Å². The molecule has 0 spiro atoms. The van der Waals surface area contributed by atoms with Crippen LogP contribution in [0.3, 0.4) is 0 Å². The van der Waals surface area contributed by atoms with Crippen molar-refractivity contribution in [3.05, 3.63) is 102 Å². The van der Waals surface area contributed by atoms with Gasteiger partial charge in [-0.15, -0.1) is 0 Å². The van der Waals surface area contributed by atoms with E-state index < -0.39 is 0 Å². The Balaban J connectivity index is 1.62.